The Morgan fingerprint density at radius 3 is 2.52 bits per heavy atom. The Kier molecular flexibility index (Phi) is 4.07. The van der Waals surface area contributed by atoms with Gasteiger partial charge in [0.05, 0.1) is 18.2 Å². The molecule has 0 saturated heterocycles. The van der Waals surface area contributed by atoms with Gasteiger partial charge in [0.1, 0.15) is 12.1 Å². The number of anilines is 1. The maximum absolute atomic E-state index is 9.61. The molecule has 21 heavy (non-hydrogen) atoms. The Hall–Kier alpha value is -2.46. The third-order valence-electron chi connectivity index (χ3n) is 3.43. The minimum atomic E-state index is -0.0780. The first-order valence-electron chi connectivity index (χ1n) is 6.98. The summed E-state index contributed by atoms with van der Waals surface area (Å²) in [6.07, 6.45) is 2.29. The molecular weight excluding hydrogens is 262 g/mol. The van der Waals surface area contributed by atoms with Gasteiger partial charge in [0.15, 0.2) is 0 Å². The van der Waals surface area contributed by atoms with E-state index in [2.05, 4.69) is 27.4 Å². The summed E-state index contributed by atoms with van der Waals surface area (Å²) in [5.74, 6) is 0.760. The summed E-state index contributed by atoms with van der Waals surface area (Å²) in [6, 6.07) is 17.9. The highest BCUT2D eigenvalue weighted by molar-refractivity contribution is 5.88. The van der Waals surface area contributed by atoms with Gasteiger partial charge in [-0.05, 0) is 24.1 Å². The minimum Gasteiger partial charge on any atom is -0.394 e. The number of aromatic nitrogens is 2. The summed E-state index contributed by atoms with van der Waals surface area (Å²) in [5.41, 5.74) is 2.08. The summed E-state index contributed by atoms with van der Waals surface area (Å²) in [4.78, 5) is 8.55. The molecule has 0 fully saturated rings. The van der Waals surface area contributed by atoms with Gasteiger partial charge in [0.2, 0.25) is 0 Å². The molecule has 4 nitrogen and oxygen atoms in total. The number of para-hydroxylation sites is 1. The Morgan fingerprint density at radius 2 is 1.71 bits per heavy atom. The van der Waals surface area contributed by atoms with Crippen molar-refractivity contribution < 1.29 is 5.11 Å². The van der Waals surface area contributed by atoms with Crippen LogP contribution in [-0.2, 0) is 6.42 Å². The number of hydrogen-bond donors (Lipinski definition) is 2. The Balaban J connectivity index is 1.82. The molecule has 1 aromatic heterocycles. The van der Waals surface area contributed by atoms with Crippen LogP contribution in [0, 0.1) is 0 Å². The minimum absolute atomic E-state index is 0.0488. The molecule has 2 aromatic carbocycles. The number of fused-ring (bicyclic) bond motifs is 1. The van der Waals surface area contributed by atoms with Gasteiger partial charge in [-0.2, -0.15) is 0 Å². The number of rotatable bonds is 5. The van der Waals surface area contributed by atoms with Crippen molar-refractivity contribution in [3.63, 3.8) is 0 Å². The first-order valence-corrected chi connectivity index (χ1v) is 6.98. The predicted octanol–water partition coefficient (Wildman–Crippen LogP) is 2.65. The van der Waals surface area contributed by atoms with Crippen LogP contribution in [0.5, 0.6) is 0 Å². The fraction of sp³-hybridized carbons (Fsp3) is 0.176. The van der Waals surface area contributed by atoms with Gasteiger partial charge in [-0.15, -0.1) is 0 Å². The maximum atomic E-state index is 9.61. The first kappa shape index (κ1) is 13.5. The van der Waals surface area contributed by atoms with Gasteiger partial charge in [-0.25, -0.2) is 9.97 Å². The van der Waals surface area contributed by atoms with Crippen LogP contribution in [-0.4, -0.2) is 27.7 Å². The van der Waals surface area contributed by atoms with E-state index in [4.69, 9.17) is 0 Å². The third-order valence-corrected chi connectivity index (χ3v) is 3.43. The van der Waals surface area contributed by atoms with E-state index in [0.29, 0.717) is 0 Å². The van der Waals surface area contributed by atoms with E-state index in [1.165, 1.54) is 5.56 Å². The molecule has 0 aliphatic rings. The van der Waals surface area contributed by atoms with E-state index in [1.807, 2.05) is 42.5 Å². The molecule has 0 unspecified atom stereocenters. The first-order chi connectivity index (χ1) is 10.4. The largest absolute Gasteiger partial charge is 0.394 e. The van der Waals surface area contributed by atoms with Crippen molar-refractivity contribution in [1.82, 2.24) is 9.97 Å². The van der Waals surface area contributed by atoms with Gasteiger partial charge in [-0.3, -0.25) is 0 Å². The van der Waals surface area contributed by atoms with Gasteiger partial charge in [-0.1, -0.05) is 42.5 Å². The molecule has 1 atom stereocenters. The van der Waals surface area contributed by atoms with Crippen LogP contribution in [0.15, 0.2) is 60.9 Å². The monoisotopic (exact) mass is 279 g/mol. The predicted molar refractivity (Wildman–Crippen MR) is 84.2 cm³/mol. The zero-order valence-electron chi connectivity index (χ0n) is 11.6. The van der Waals surface area contributed by atoms with Crippen LogP contribution in [0.25, 0.3) is 10.9 Å². The van der Waals surface area contributed by atoms with E-state index < -0.39 is 0 Å². The average molecular weight is 279 g/mol. The molecule has 0 aliphatic carbocycles. The van der Waals surface area contributed by atoms with Crippen LogP contribution >= 0.6 is 0 Å². The average Bonchev–Trinajstić information content (AvgIpc) is 2.55. The quantitative estimate of drug-likeness (QED) is 0.754. The summed E-state index contributed by atoms with van der Waals surface area (Å²) >= 11 is 0. The van der Waals surface area contributed by atoms with Gasteiger partial charge >= 0.3 is 0 Å². The van der Waals surface area contributed by atoms with Crippen molar-refractivity contribution in [1.29, 1.82) is 0 Å². The molecule has 4 heteroatoms. The Morgan fingerprint density at radius 1 is 0.952 bits per heavy atom. The molecule has 0 radical (unpaired) electrons. The highest BCUT2D eigenvalue weighted by Crippen LogP contribution is 2.19. The summed E-state index contributed by atoms with van der Waals surface area (Å²) in [7, 11) is 0. The van der Waals surface area contributed by atoms with Crippen molar-refractivity contribution in [2.24, 2.45) is 0 Å². The number of nitrogens with one attached hydrogen (secondary N) is 1. The lowest BCUT2D eigenvalue weighted by Gasteiger charge is -2.18. The molecule has 3 aromatic rings. The van der Waals surface area contributed by atoms with Crippen LogP contribution in [0.2, 0.25) is 0 Å². The lowest BCUT2D eigenvalue weighted by molar-refractivity contribution is 0.273. The number of aliphatic hydroxyl groups excluding tert-OH is 1. The van der Waals surface area contributed by atoms with Gasteiger partial charge in [0.25, 0.3) is 0 Å². The standard InChI is InChI=1S/C17H17N3O/c21-11-14(10-13-6-2-1-3-7-13)20-17-15-8-4-5-9-16(15)18-12-19-17/h1-9,12,14,21H,10-11H2,(H,18,19,20)/t14-/m0/s1. The van der Waals surface area contributed by atoms with E-state index in [1.54, 1.807) is 6.33 Å². The molecule has 0 bridgehead atoms. The summed E-state index contributed by atoms with van der Waals surface area (Å²) in [5, 5.41) is 13.9. The zero-order chi connectivity index (χ0) is 14.5. The van der Waals surface area contributed by atoms with Gasteiger partial charge in [0, 0.05) is 5.39 Å². The maximum Gasteiger partial charge on any atom is 0.137 e. The smallest absolute Gasteiger partial charge is 0.137 e. The van der Waals surface area contributed by atoms with Crippen LogP contribution < -0.4 is 5.32 Å². The Labute approximate surface area is 123 Å². The molecule has 106 valence electrons. The van der Waals surface area contributed by atoms with Crippen molar-refractivity contribution >= 4 is 16.7 Å². The van der Waals surface area contributed by atoms with Crippen LogP contribution in [0.1, 0.15) is 5.56 Å². The number of nitrogens with zero attached hydrogens (tertiary/aromatic N) is 2. The second kappa shape index (κ2) is 6.33. The second-order valence-corrected chi connectivity index (χ2v) is 4.95. The van der Waals surface area contributed by atoms with E-state index in [9.17, 15) is 5.11 Å². The highest BCUT2D eigenvalue weighted by atomic mass is 16.3. The molecule has 3 rings (SSSR count). The van der Waals surface area contributed by atoms with Crippen molar-refractivity contribution in [2.45, 2.75) is 12.5 Å². The molecule has 2 N–H and O–H groups in total. The molecular formula is C17H17N3O. The number of benzene rings is 2. The van der Waals surface area contributed by atoms with Crippen LogP contribution in [0.4, 0.5) is 5.82 Å². The topological polar surface area (TPSA) is 58.0 Å². The van der Waals surface area contributed by atoms with Crippen molar-refractivity contribution in [3.8, 4) is 0 Å². The second-order valence-electron chi connectivity index (χ2n) is 4.95. The zero-order valence-corrected chi connectivity index (χ0v) is 11.6. The van der Waals surface area contributed by atoms with Gasteiger partial charge < -0.3 is 10.4 Å². The SMILES string of the molecule is OC[C@H](Cc1ccccc1)Nc1ncnc2ccccc12. The van der Waals surface area contributed by atoms with E-state index in [0.717, 1.165) is 23.1 Å². The normalized spacial score (nSPS) is 12.2. The number of aliphatic hydroxyl groups is 1. The summed E-state index contributed by atoms with van der Waals surface area (Å²) in [6.45, 7) is 0.0488. The molecule has 1 heterocycles. The number of hydrogen-bond acceptors (Lipinski definition) is 4. The Bertz CT molecular complexity index is 710. The fourth-order valence-corrected chi connectivity index (χ4v) is 2.37. The molecule has 0 saturated carbocycles. The fourth-order valence-electron chi connectivity index (χ4n) is 2.37. The lowest BCUT2D eigenvalue weighted by atomic mass is 10.1. The summed E-state index contributed by atoms with van der Waals surface area (Å²) < 4.78 is 0. The van der Waals surface area contributed by atoms with Crippen molar-refractivity contribution in [2.75, 3.05) is 11.9 Å². The van der Waals surface area contributed by atoms with E-state index >= 15 is 0 Å². The van der Waals surface area contributed by atoms with E-state index in [-0.39, 0.29) is 12.6 Å². The van der Waals surface area contributed by atoms with Crippen LogP contribution in [0.3, 0.4) is 0 Å². The highest BCUT2D eigenvalue weighted by Gasteiger charge is 2.11. The third kappa shape index (κ3) is 3.17. The molecule has 0 spiro atoms. The van der Waals surface area contributed by atoms with Crippen molar-refractivity contribution in [3.05, 3.63) is 66.5 Å². The molecule has 0 amide bonds. The lowest BCUT2D eigenvalue weighted by Crippen LogP contribution is -2.27. The molecule has 0 aliphatic heterocycles.